The molecule has 15 heteroatoms. The minimum atomic E-state index is -4.84. The number of nitrogens with zero attached hydrogens (tertiary/aromatic N) is 5. The SMILES string of the molecule is CS(=O)(=NCc1cn2cc(-c3noc(C(F)(F)F)n3)ccc2n1)c1ccc(OC(F)(F)F)cc1. The van der Waals surface area contributed by atoms with E-state index in [0.717, 1.165) is 12.1 Å². The maximum absolute atomic E-state index is 12.9. The third-order valence-electron chi connectivity index (χ3n) is 4.40. The van der Waals surface area contributed by atoms with Crippen LogP contribution in [0, 0.1) is 0 Å². The summed E-state index contributed by atoms with van der Waals surface area (Å²) >= 11 is 0. The molecule has 0 radical (unpaired) electrons. The molecule has 34 heavy (non-hydrogen) atoms. The number of imidazole rings is 1. The molecule has 1 atom stereocenters. The van der Waals surface area contributed by atoms with Gasteiger partial charge in [-0.1, -0.05) is 5.16 Å². The molecule has 0 saturated carbocycles. The van der Waals surface area contributed by atoms with Crippen LogP contribution in [-0.2, 0) is 22.5 Å². The van der Waals surface area contributed by atoms with Crippen LogP contribution >= 0.6 is 0 Å². The number of alkyl halides is 6. The Hall–Kier alpha value is -3.62. The zero-order chi connectivity index (χ0) is 24.7. The predicted molar refractivity (Wildman–Crippen MR) is 105 cm³/mol. The van der Waals surface area contributed by atoms with Gasteiger partial charge in [-0.05, 0) is 36.4 Å². The van der Waals surface area contributed by atoms with Crippen LogP contribution < -0.4 is 4.74 Å². The first-order valence-corrected chi connectivity index (χ1v) is 11.2. The third kappa shape index (κ3) is 5.30. The first kappa shape index (κ1) is 23.5. The molecule has 0 aliphatic heterocycles. The second-order valence-electron chi connectivity index (χ2n) is 6.95. The molecule has 0 saturated heterocycles. The third-order valence-corrected chi connectivity index (χ3v) is 6.16. The summed E-state index contributed by atoms with van der Waals surface area (Å²) in [7, 11) is -2.97. The zero-order valence-electron chi connectivity index (χ0n) is 17.0. The number of hydrogen-bond donors (Lipinski definition) is 0. The molecule has 1 aromatic carbocycles. The maximum atomic E-state index is 12.9. The van der Waals surface area contributed by atoms with Crippen molar-refractivity contribution in [3.63, 3.8) is 0 Å². The van der Waals surface area contributed by atoms with Gasteiger partial charge < -0.3 is 13.7 Å². The number of ether oxygens (including phenoxy) is 1. The fraction of sp³-hybridized carbons (Fsp3) is 0.211. The van der Waals surface area contributed by atoms with Gasteiger partial charge in [0.1, 0.15) is 11.4 Å². The Bertz CT molecular complexity index is 1450. The number of pyridine rings is 1. The summed E-state index contributed by atoms with van der Waals surface area (Å²) in [6.45, 7) is -0.0897. The molecule has 0 N–H and O–H groups in total. The van der Waals surface area contributed by atoms with Crippen molar-refractivity contribution in [3.8, 4) is 17.1 Å². The van der Waals surface area contributed by atoms with Gasteiger partial charge in [0.05, 0.1) is 22.0 Å². The van der Waals surface area contributed by atoms with E-state index in [1.54, 1.807) is 0 Å². The van der Waals surface area contributed by atoms with Gasteiger partial charge in [-0.2, -0.15) is 18.2 Å². The van der Waals surface area contributed by atoms with E-state index in [4.69, 9.17) is 0 Å². The highest BCUT2D eigenvalue weighted by Gasteiger charge is 2.38. The van der Waals surface area contributed by atoms with Crippen LogP contribution in [0.4, 0.5) is 26.3 Å². The number of benzene rings is 1. The second-order valence-corrected chi connectivity index (χ2v) is 9.28. The Labute approximate surface area is 187 Å². The van der Waals surface area contributed by atoms with Crippen molar-refractivity contribution in [1.29, 1.82) is 0 Å². The summed E-state index contributed by atoms with van der Waals surface area (Å²) in [5.74, 6) is -2.18. The molecule has 0 amide bonds. The number of fused-ring (bicyclic) bond motifs is 1. The Balaban J connectivity index is 1.54. The fourth-order valence-corrected chi connectivity index (χ4v) is 4.04. The van der Waals surface area contributed by atoms with Gasteiger partial charge in [0, 0.05) is 29.1 Å². The molecule has 0 spiro atoms. The van der Waals surface area contributed by atoms with E-state index >= 15 is 0 Å². The summed E-state index contributed by atoms with van der Waals surface area (Å²) in [5.41, 5.74) is 1.07. The second kappa shape index (κ2) is 8.30. The summed E-state index contributed by atoms with van der Waals surface area (Å²) in [5, 5.41) is 3.33. The molecular formula is C19H13F6N5O3S. The molecule has 3 heterocycles. The van der Waals surface area contributed by atoms with Crippen LogP contribution in [0.25, 0.3) is 17.0 Å². The lowest BCUT2D eigenvalue weighted by atomic mass is 10.3. The van der Waals surface area contributed by atoms with Crippen LogP contribution in [0.15, 0.2) is 62.6 Å². The van der Waals surface area contributed by atoms with E-state index in [1.165, 1.54) is 47.3 Å². The lowest BCUT2D eigenvalue weighted by Gasteiger charge is -2.09. The number of rotatable bonds is 5. The van der Waals surface area contributed by atoms with Gasteiger partial charge in [0.25, 0.3) is 0 Å². The summed E-state index contributed by atoms with van der Waals surface area (Å²) in [6, 6.07) is 7.50. The lowest BCUT2D eigenvalue weighted by molar-refractivity contribution is -0.274. The van der Waals surface area contributed by atoms with E-state index in [9.17, 15) is 30.6 Å². The normalized spacial score (nSPS) is 14.2. The highest BCUT2D eigenvalue weighted by Crippen LogP contribution is 2.29. The Morgan fingerprint density at radius 3 is 2.35 bits per heavy atom. The van der Waals surface area contributed by atoms with Crippen molar-refractivity contribution in [2.24, 2.45) is 4.36 Å². The minimum absolute atomic E-state index is 0.0897. The highest BCUT2D eigenvalue weighted by molar-refractivity contribution is 7.93. The first-order chi connectivity index (χ1) is 15.8. The van der Waals surface area contributed by atoms with Crippen LogP contribution in [0.5, 0.6) is 5.75 Å². The Morgan fingerprint density at radius 2 is 1.74 bits per heavy atom. The van der Waals surface area contributed by atoms with E-state index in [1.807, 2.05) is 0 Å². The minimum Gasteiger partial charge on any atom is -0.406 e. The van der Waals surface area contributed by atoms with Gasteiger partial charge in [-0.3, -0.25) is 0 Å². The number of halogens is 6. The Morgan fingerprint density at radius 1 is 1.03 bits per heavy atom. The average Bonchev–Trinajstić information content (AvgIpc) is 3.38. The van der Waals surface area contributed by atoms with Gasteiger partial charge in [-0.25, -0.2) is 13.6 Å². The summed E-state index contributed by atoms with van der Waals surface area (Å²) in [6.07, 6.45) is -5.30. The average molecular weight is 505 g/mol. The molecule has 0 aliphatic rings. The van der Waals surface area contributed by atoms with Crippen LogP contribution in [0.2, 0.25) is 0 Å². The van der Waals surface area contributed by atoms with Crippen molar-refractivity contribution in [2.45, 2.75) is 24.0 Å². The lowest BCUT2D eigenvalue weighted by Crippen LogP contribution is -2.17. The topological polar surface area (TPSA) is 94.9 Å². The van der Waals surface area contributed by atoms with Crippen molar-refractivity contribution in [3.05, 3.63) is 60.4 Å². The largest absolute Gasteiger partial charge is 0.573 e. The van der Waals surface area contributed by atoms with E-state index < -0.39 is 33.9 Å². The van der Waals surface area contributed by atoms with Crippen molar-refractivity contribution in [1.82, 2.24) is 19.5 Å². The summed E-state index contributed by atoms with van der Waals surface area (Å²) in [4.78, 5) is 7.83. The summed E-state index contributed by atoms with van der Waals surface area (Å²) < 4.78 is 101. The molecule has 0 fully saturated rings. The predicted octanol–water partition coefficient (Wildman–Crippen LogP) is 4.96. The number of aromatic nitrogens is 4. The Kier molecular flexibility index (Phi) is 5.75. The van der Waals surface area contributed by atoms with Crippen molar-refractivity contribution >= 4 is 15.4 Å². The van der Waals surface area contributed by atoms with Crippen LogP contribution in [-0.4, -0.2) is 36.4 Å². The maximum Gasteiger partial charge on any atom is 0.573 e. The molecule has 0 aliphatic carbocycles. The standard InChI is InChI=1S/C19H13F6N5O3S/c1-34(31,14-5-3-13(4-6-14)32-19(23,24)25)26-8-12-10-30-9-11(2-7-15(30)27-12)16-28-17(33-29-16)18(20,21)22/h2-7,9-10H,8H2,1H3. The monoisotopic (exact) mass is 505 g/mol. The molecule has 4 rings (SSSR count). The molecule has 3 aromatic heterocycles. The van der Waals surface area contributed by atoms with Gasteiger partial charge in [-0.15, -0.1) is 13.2 Å². The van der Waals surface area contributed by atoms with Gasteiger partial charge in [0.15, 0.2) is 0 Å². The van der Waals surface area contributed by atoms with E-state index in [-0.39, 0.29) is 22.8 Å². The highest BCUT2D eigenvalue weighted by atomic mass is 32.2. The molecule has 0 bridgehead atoms. The molecule has 8 nitrogen and oxygen atoms in total. The smallest absolute Gasteiger partial charge is 0.406 e. The molecule has 180 valence electrons. The van der Waals surface area contributed by atoms with Crippen LogP contribution in [0.3, 0.4) is 0 Å². The van der Waals surface area contributed by atoms with E-state index in [2.05, 4.69) is 28.7 Å². The molecule has 1 unspecified atom stereocenters. The van der Waals surface area contributed by atoms with Crippen LogP contribution in [0.1, 0.15) is 11.6 Å². The first-order valence-electron chi connectivity index (χ1n) is 9.23. The zero-order valence-corrected chi connectivity index (χ0v) is 17.8. The fourth-order valence-electron chi connectivity index (χ4n) is 2.87. The number of hydrogen-bond acceptors (Lipinski definition) is 7. The molecule has 4 aromatic rings. The van der Waals surface area contributed by atoms with Gasteiger partial charge >= 0.3 is 18.4 Å². The van der Waals surface area contributed by atoms with E-state index in [0.29, 0.717) is 11.3 Å². The quantitative estimate of drug-likeness (QED) is 0.356. The van der Waals surface area contributed by atoms with Crippen molar-refractivity contribution < 1.29 is 39.8 Å². The van der Waals surface area contributed by atoms with Crippen molar-refractivity contribution in [2.75, 3.05) is 6.26 Å². The molecular weight excluding hydrogens is 492 g/mol. The van der Waals surface area contributed by atoms with Gasteiger partial charge in [0.2, 0.25) is 5.82 Å².